The third-order valence-corrected chi connectivity index (χ3v) is 6.60. The first-order valence-corrected chi connectivity index (χ1v) is 10.6. The molecule has 0 fully saturated rings. The fourth-order valence-electron chi connectivity index (χ4n) is 3.78. The summed E-state index contributed by atoms with van der Waals surface area (Å²) in [6.45, 7) is 4.41. The van der Waals surface area contributed by atoms with Crippen molar-refractivity contribution in [1.82, 2.24) is 4.98 Å². The van der Waals surface area contributed by atoms with Gasteiger partial charge in [0.1, 0.15) is 5.82 Å². The van der Waals surface area contributed by atoms with E-state index in [1.54, 1.807) is 11.3 Å². The SMILES string of the molecule is CC(C)c1ccnc(-c2cccc3c2sc2cc(-c4ccc(F)cc4)ccc23)c1. The first-order valence-electron chi connectivity index (χ1n) is 9.78. The van der Waals surface area contributed by atoms with Crippen molar-refractivity contribution in [2.75, 3.05) is 0 Å². The first-order chi connectivity index (χ1) is 14.1. The van der Waals surface area contributed by atoms with E-state index in [0.29, 0.717) is 5.92 Å². The van der Waals surface area contributed by atoms with Gasteiger partial charge in [-0.2, -0.15) is 0 Å². The predicted molar refractivity (Wildman–Crippen MR) is 122 cm³/mol. The van der Waals surface area contributed by atoms with Gasteiger partial charge in [-0.15, -0.1) is 11.3 Å². The molecule has 0 aliphatic rings. The maximum Gasteiger partial charge on any atom is 0.123 e. The summed E-state index contributed by atoms with van der Waals surface area (Å²) in [6.07, 6.45) is 1.91. The third kappa shape index (κ3) is 3.22. The molecule has 0 saturated heterocycles. The molecule has 2 aromatic heterocycles. The van der Waals surface area contributed by atoms with E-state index >= 15 is 0 Å². The zero-order chi connectivity index (χ0) is 20.0. The highest BCUT2D eigenvalue weighted by molar-refractivity contribution is 7.26. The van der Waals surface area contributed by atoms with Crippen molar-refractivity contribution in [3.05, 3.63) is 90.4 Å². The Morgan fingerprint density at radius 1 is 0.828 bits per heavy atom. The lowest BCUT2D eigenvalue weighted by Crippen LogP contribution is -1.90. The van der Waals surface area contributed by atoms with Crippen molar-refractivity contribution in [2.45, 2.75) is 19.8 Å². The zero-order valence-corrected chi connectivity index (χ0v) is 17.1. The molecule has 0 unspecified atom stereocenters. The van der Waals surface area contributed by atoms with E-state index in [9.17, 15) is 4.39 Å². The molecule has 0 saturated carbocycles. The number of aromatic nitrogens is 1. The summed E-state index contributed by atoms with van der Waals surface area (Å²) in [6, 6.07) is 23.9. The van der Waals surface area contributed by atoms with Crippen molar-refractivity contribution in [2.24, 2.45) is 0 Å². The monoisotopic (exact) mass is 397 g/mol. The van der Waals surface area contributed by atoms with Crippen LogP contribution in [0, 0.1) is 5.82 Å². The molecule has 3 heteroatoms. The van der Waals surface area contributed by atoms with E-state index in [2.05, 4.69) is 67.4 Å². The Hall–Kier alpha value is -3.04. The van der Waals surface area contributed by atoms with Crippen molar-refractivity contribution in [1.29, 1.82) is 0 Å². The van der Waals surface area contributed by atoms with Crippen molar-refractivity contribution in [3.8, 4) is 22.4 Å². The number of pyridine rings is 1. The Morgan fingerprint density at radius 3 is 2.41 bits per heavy atom. The zero-order valence-electron chi connectivity index (χ0n) is 16.3. The van der Waals surface area contributed by atoms with E-state index in [0.717, 1.165) is 16.8 Å². The number of nitrogens with zero attached hydrogens (tertiary/aromatic N) is 1. The smallest absolute Gasteiger partial charge is 0.123 e. The Labute approximate surface area is 173 Å². The van der Waals surface area contributed by atoms with Crippen molar-refractivity contribution >= 4 is 31.5 Å². The number of thiophene rings is 1. The molecule has 5 rings (SSSR count). The highest BCUT2D eigenvalue weighted by Gasteiger charge is 2.13. The molecule has 0 N–H and O–H groups in total. The Kier molecular flexibility index (Phi) is 4.40. The molecule has 1 nitrogen and oxygen atoms in total. The van der Waals surface area contributed by atoms with E-state index in [-0.39, 0.29) is 5.82 Å². The summed E-state index contributed by atoms with van der Waals surface area (Å²) in [7, 11) is 0. The molecule has 0 aliphatic heterocycles. The van der Waals surface area contributed by atoms with Gasteiger partial charge in [-0.3, -0.25) is 4.98 Å². The average Bonchev–Trinajstić information content (AvgIpc) is 3.12. The van der Waals surface area contributed by atoms with Crippen molar-refractivity contribution < 1.29 is 4.39 Å². The minimum Gasteiger partial charge on any atom is -0.256 e. The maximum atomic E-state index is 13.3. The third-order valence-electron chi connectivity index (χ3n) is 5.40. The summed E-state index contributed by atoms with van der Waals surface area (Å²) < 4.78 is 15.8. The van der Waals surface area contributed by atoms with Gasteiger partial charge in [0, 0.05) is 31.9 Å². The summed E-state index contributed by atoms with van der Waals surface area (Å²) in [5.74, 6) is 0.258. The Morgan fingerprint density at radius 2 is 1.62 bits per heavy atom. The van der Waals surface area contributed by atoms with Crippen LogP contribution in [0.3, 0.4) is 0 Å². The fourth-order valence-corrected chi connectivity index (χ4v) is 5.04. The lowest BCUT2D eigenvalue weighted by molar-refractivity contribution is 0.628. The lowest BCUT2D eigenvalue weighted by atomic mass is 10.00. The van der Waals surface area contributed by atoms with Gasteiger partial charge in [-0.1, -0.05) is 56.3 Å². The van der Waals surface area contributed by atoms with Gasteiger partial charge in [0.05, 0.1) is 5.69 Å². The summed E-state index contributed by atoms with van der Waals surface area (Å²) in [4.78, 5) is 4.66. The number of hydrogen-bond acceptors (Lipinski definition) is 2. The van der Waals surface area contributed by atoms with Gasteiger partial charge in [0.25, 0.3) is 0 Å². The molecule has 142 valence electrons. The average molecular weight is 398 g/mol. The molecule has 0 atom stereocenters. The van der Waals surface area contributed by atoms with Crippen LogP contribution in [0.25, 0.3) is 42.6 Å². The number of hydrogen-bond donors (Lipinski definition) is 0. The molecule has 0 amide bonds. The fraction of sp³-hybridized carbons (Fsp3) is 0.115. The highest BCUT2D eigenvalue weighted by atomic mass is 32.1. The van der Waals surface area contributed by atoms with Gasteiger partial charge < -0.3 is 0 Å². The van der Waals surface area contributed by atoms with Crippen LogP contribution in [0.2, 0.25) is 0 Å². The van der Waals surface area contributed by atoms with Crippen LogP contribution in [0.5, 0.6) is 0 Å². The molecule has 0 radical (unpaired) electrons. The summed E-state index contributed by atoms with van der Waals surface area (Å²) >= 11 is 1.80. The quantitative estimate of drug-likeness (QED) is 0.300. The molecule has 29 heavy (non-hydrogen) atoms. The standard InChI is InChI=1S/C26H20FNS/c1-16(2)18-12-13-28-24(14-18)23-5-3-4-22-21-11-8-19(15-25(21)29-26(22)23)17-6-9-20(27)10-7-17/h3-16H,1-2H3. The van der Waals surface area contributed by atoms with Crippen LogP contribution in [-0.4, -0.2) is 4.98 Å². The molecule has 0 aliphatic carbocycles. The van der Waals surface area contributed by atoms with Gasteiger partial charge in [0.2, 0.25) is 0 Å². The second-order valence-corrected chi connectivity index (χ2v) is 8.68. The molecule has 2 heterocycles. The minimum atomic E-state index is -0.211. The van der Waals surface area contributed by atoms with Crippen LogP contribution in [-0.2, 0) is 0 Å². The summed E-state index contributed by atoms with van der Waals surface area (Å²) in [5.41, 5.74) is 5.62. The molecule has 5 aromatic rings. The highest BCUT2D eigenvalue weighted by Crippen LogP contribution is 2.41. The molecule has 0 bridgehead atoms. The molecular formula is C26H20FNS. The number of benzene rings is 3. The maximum absolute atomic E-state index is 13.3. The van der Waals surface area contributed by atoms with E-state index < -0.39 is 0 Å². The van der Waals surface area contributed by atoms with Crippen LogP contribution in [0.4, 0.5) is 4.39 Å². The second-order valence-electron chi connectivity index (χ2n) is 7.63. The van der Waals surface area contributed by atoms with Crippen LogP contribution in [0.1, 0.15) is 25.3 Å². The topological polar surface area (TPSA) is 12.9 Å². The van der Waals surface area contributed by atoms with E-state index in [1.165, 1.54) is 43.4 Å². The number of halogens is 1. The van der Waals surface area contributed by atoms with Crippen molar-refractivity contribution in [3.63, 3.8) is 0 Å². The normalized spacial score (nSPS) is 11.6. The molecular weight excluding hydrogens is 377 g/mol. The van der Waals surface area contributed by atoms with Crippen LogP contribution < -0.4 is 0 Å². The van der Waals surface area contributed by atoms with E-state index in [1.807, 2.05) is 18.3 Å². The second kappa shape index (κ2) is 7.09. The van der Waals surface area contributed by atoms with Crippen LogP contribution >= 0.6 is 11.3 Å². The molecule has 3 aromatic carbocycles. The Bertz CT molecular complexity index is 1330. The number of rotatable bonds is 3. The van der Waals surface area contributed by atoms with Gasteiger partial charge in [-0.05, 0) is 52.9 Å². The van der Waals surface area contributed by atoms with Gasteiger partial charge in [-0.25, -0.2) is 4.39 Å². The predicted octanol–water partition coefficient (Wildman–Crippen LogP) is 8.05. The van der Waals surface area contributed by atoms with E-state index in [4.69, 9.17) is 0 Å². The Balaban J connectivity index is 1.69. The van der Waals surface area contributed by atoms with Gasteiger partial charge in [0.15, 0.2) is 0 Å². The minimum absolute atomic E-state index is 0.211. The van der Waals surface area contributed by atoms with Crippen LogP contribution in [0.15, 0.2) is 79.0 Å². The lowest BCUT2D eigenvalue weighted by Gasteiger charge is -2.08. The molecule has 0 spiro atoms. The largest absolute Gasteiger partial charge is 0.256 e. The van der Waals surface area contributed by atoms with Gasteiger partial charge >= 0.3 is 0 Å². The number of fused-ring (bicyclic) bond motifs is 3. The summed E-state index contributed by atoms with van der Waals surface area (Å²) in [5, 5.41) is 2.50. The first kappa shape index (κ1) is 18.0.